The summed E-state index contributed by atoms with van der Waals surface area (Å²) in [7, 11) is 4.46. The molecule has 5 rings (SSSR count). The smallest absolute Gasteiger partial charge is 0.0547 e. The Bertz CT molecular complexity index is 1270. The highest BCUT2D eigenvalue weighted by Gasteiger charge is 2.17. The van der Waals surface area contributed by atoms with E-state index in [0.29, 0.717) is 12.1 Å². The molecule has 0 spiro atoms. The normalized spacial score (nSPS) is 19.8. The molecule has 0 amide bonds. The Morgan fingerprint density at radius 3 is 1.12 bits per heavy atom. The minimum Gasteiger partial charge on any atom is -0.371 e. The van der Waals surface area contributed by atoms with Crippen LogP contribution in [0.4, 0.5) is 11.4 Å². The number of anilines is 2. The second-order valence-corrected chi connectivity index (χ2v) is 14.7. The van der Waals surface area contributed by atoms with Crippen molar-refractivity contribution < 1.29 is 0 Å². The van der Waals surface area contributed by atoms with Gasteiger partial charge in [-0.1, -0.05) is 12.1 Å². The minimum absolute atomic E-state index is 0.488. The van der Waals surface area contributed by atoms with Gasteiger partial charge in [0, 0.05) is 88.9 Å². The van der Waals surface area contributed by atoms with Gasteiger partial charge >= 0.3 is 0 Å². The molecule has 2 aliphatic heterocycles. The molecule has 4 heterocycles. The van der Waals surface area contributed by atoms with Crippen molar-refractivity contribution >= 4 is 11.4 Å². The first kappa shape index (κ1) is 36.2. The summed E-state index contributed by atoms with van der Waals surface area (Å²) in [6.45, 7) is 21.4. The number of hydrogen-bond acceptors (Lipinski definition) is 8. The van der Waals surface area contributed by atoms with Gasteiger partial charge in [0.1, 0.15) is 0 Å². The molecule has 2 aliphatic rings. The van der Waals surface area contributed by atoms with Crippen LogP contribution in [-0.4, -0.2) is 108 Å². The molecule has 0 atom stereocenters. The van der Waals surface area contributed by atoms with Gasteiger partial charge in [0.25, 0.3) is 0 Å². The van der Waals surface area contributed by atoms with Crippen LogP contribution in [0.1, 0.15) is 76.2 Å². The Kier molecular flexibility index (Phi) is 13.7. The van der Waals surface area contributed by atoms with Crippen LogP contribution in [0.15, 0.2) is 60.7 Å². The van der Waals surface area contributed by atoms with Gasteiger partial charge in [-0.15, -0.1) is 0 Å². The van der Waals surface area contributed by atoms with Crippen LogP contribution in [-0.2, 0) is 26.2 Å². The number of fused-ring (bicyclic) bond motifs is 4. The molecule has 8 heteroatoms. The van der Waals surface area contributed by atoms with E-state index < -0.39 is 0 Å². The van der Waals surface area contributed by atoms with E-state index in [4.69, 9.17) is 9.97 Å². The molecular weight excluding hydrogens is 592 g/mol. The predicted octanol–water partition coefficient (Wildman–Crippen LogP) is 6.36. The molecule has 2 aromatic heterocycles. The Balaban J connectivity index is 1.27. The van der Waals surface area contributed by atoms with Crippen LogP contribution in [0.3, 0.4) is 0 Å². The molecule has 0 saturated carbocycles. The topological polar surface area (TPSA) is 45.2 Å². The van der Waals surface area contributed by atoms with Gasteiger partial charge in [0.15, 0.2) is 0 Å². The van der Waals surface area contributed by atoms with E-state index in [9.17, 15) is 0 Å². The SMILES string of the molecule is CC(C)N1CCCN(c2ccc(N3CCCN(C)Cc4cccc(n4)CN(C(C)C)CCC3)cc2)CCCN(C)Cc2cccc(n2)C1. The van der Waals surface area contributed by atoms with Crippen LogP contribution in [0, 0.1) is 0 Å². The van der Waals surface area contributed by atoms with Crippen LogP contribution in [0.5, 0.6) is 0 Å². The summed E-state index contributed by atoms with van der Waals surface area (Å²) < 4.78 is 0. The quantitative estimate of drug-likeness (QED) is 0.322. The average molecular weight is 655 g/mol. The van der Waals surface area contributed by atoms with Crippen molar-refractivity contribution in [2.75, 3.05) is 76.3 Å². The Labute approximate surface area is 291 Å². The zero-order valence-electron chi connectivity index (χ0n) is 30.8. The van der Waals surface area contributed by atoms with E-state index in [1.807, 2.05) is 0 Å². The maximum Gasteiger partial charge on any atom is 0.0547 e. The molecule has 0 N–H and O–H groups in total. The highest BCUT2D eigenvalue weighted by Crippen LogP contribution is 2.23. The first-order valence-electron chi connectivity index (χ1n) is 18.6. The zero-order valence-corrected chi connectivity index (χ0v) is 30.8. The van der Waals surface area contributed by atoms with Crippen LogP contribution >= 0.6 is 0 Å². The third kappa shape index (κ3) is 11.0. The van der Waals surface area contributed by atoms with E-state index in [0.717, 1.165) is 104 Å². The van der Waals surface area contributed by atoms with Gasteiger partial charge in [0.05, 0.1) is 22.8 Å². The largest absolute Gasteiger partial charge is 0.371 e. The molecule has 8 nitrogen and oxygen atoms in total. The van der Waals surface area contributed by atoms with Crippen LogP contribution in [0.25, 0.3) is 0 Å². The van der Waals surface area contributed by atoms with E-state index in [1.165, 1.54) is 34.2 Å². The lowest BCUT2D eigenvalue weighted by Crippen LogP contribution is -2.36. The fourth-order valence-corrected chi connectivity index (χ4v) is 7.18. The number of hydrogen-bond donors (Lipinski definition) is 0. The molecule has 48 heavy (non-hydrogen) atoms. The van der Waals surface area contributed by atoms with Gasteiger partial charge in [-0.05, 0) is 129 Å². The van der Waals surface area contributed by atoms with E-state index >= 15 is 0 Å². The third-order valence-corrected chi connectivity index (χ3v) is 10.0. The van der Waals surface area contributed by atoms with E-state index in [2.05, 4.69) is 132 Å². The van der Waals surface area contributed by atoms with Crippen LogP contribution < -0.4 is 9.80 Å². The summed E-state index contributed by atoms with van der Waals surface area (Å²) in [6, 6.07) is 23.6. The fraction of sp³-hybridized carbons (Fsp3) is 0.600. The second-order valence-electron chi connectivity index (χ2n) is 14.7. The number of aromatic nitrogens is 2. The summed E-state index contributed by atoms with van der Waals surface area (Å²) in [6.07, 6.45) is 4.55. The molecular formula is C40H62N8. The molecule has 4 bridgehead atoms. The lowest BCUT2D eigenvalue weighted by Gasteiger charge is -2.32. The molecule has 0 radical (unpaired) electrons. The summed E-state index contributed by atoms with van der Waals surface area (Å²) in [5.41, 5.74) is 7.40. The first-order chi connectivity index (χ1) is 23.2. The number of nitrogens with zero attached hydrogens (tertiary/aromatic N) is 8. The molecule has 0 saturated heterocycles. The van der Waals surface area contributed by atoms with Gasteiger partial charge in [-0.3, -0.25) is 19.8 Å². The van der Waals surface area contributed by atoms with Gasteiger partial charge in [-0.25, -0.2) is 0 Å². The second kappa shape index (κ2) is 18.1. The molecule has 262 valence electrons. The Morgan fingerprint density at radius 1 is 0.438 bits per heavy atom. The van der Waals surface area contributed by atoms with Crippen molar-refractivity contribution in [1.29, 1.82) is 0 Å². The minimum atomic E-state index is 0.488. The van der Waals surface area contributed by atoms with Crippen molar-refractivity contribution in [1.82, 2.24) is 29.6 Å². The standard InChI is InChI=1S/C40H62N8/c1-33(2)47-27-11-25-45(23-9-21-43(5)29-35-13-7-15-37(31-47)41-35)39-17-19-40(20-18-39)46-24-10-22-44(6)30-36-14-8-16-38(42-36)32-48(34(3)4)28-12-26-46/h7-8,13-20,33-34H,9-12,21-32H2,1-6H3. The molecule has 0 unspecified atom stereocenters. The Hall–Kier alpha value is -3.04. The third-order valence-electron chi connectivity index (χ3n) is 10.0. The average Bonchev–Trinajstić information content (AvgIpc) is 3.05. The van der Waals surface area contributed by atoms with E-state index in [1.54, 1.807) is 0 Å². The summed E-state index contributed by atoms with van der Waals surface area (Å²) in [5, 5.41) is 0. The maximum absolute atomic E-state index is 5.01. The van der Waals surface area contributed by atoms with E-state index in [-0.39, 0.29) is 0 Å². The molecule has 0 fully saturated rings. The maximum atomic E-state index is 5.01. The summed E-state index contributed by atoms with van der Waals surface area (Å²) in [4.78, 5) is 25.3. The van der Waals surface area contributed by atoms with Crippen molar-refractivity contribution in [3.63, 3.8) is 0 Å². The van der Waals surface area contributed by atoms with Gasteiger partial charge in [-0.2, -0.15) is 0 Å². The first-order valence-corrected chi connectivity index (χ1v) is 18.6. The van der Waals surface area contributed by atoms with Crippen molar-refractivity contribution in [2.24, 2.45) is 0 Å². The van der Waals surface area contributed by atoms with Crippen molar-refractivity contribution in [2.45, 2.75) is 91.6 Å². The highest BCUT2D eigenvalue weighted by atomic mass is 15.2. The highest BCUT2D eigenvalue weighted by molar-refractivity contribution is 5.56. The van der Waals surface area contributed by atoms with Crippen LogP contribution in [0.2, 0.25) is 0 Å². The molecule has 0 aliphatic carbocycles. The fourth-order valence-electron chi connectivity index (χ4n) is 7.18. The number of pyridine rings is 2. The zero-order chi connectivity index (χ0) is 33.9. The molecule has 1 aromatic carbocycles. The summed E-state index contributed by atoms with van der Waals surface area (Å²) in [5.74, 6) is 0. The van der Waals surface area contributed by atoms with Crippen molar-refractivity contribution in [3.05, 3.63) is 83.4 Å². The number of benzene rings is 1. The molecule has 3 aromatic rings. The van der Waals surface area contributed by atoms with Gasteiger partial charge < -0.3 is 19.6 Å². The lowest BCUT2D eigenvalue weighted by atomic mass is 10.1. The Morgan fingerprint density at radius 2 is 0.771 bits per heavy atom. The number of rotatable bonds is 4. The monoisotopic (exact) mass is 655 g/mol. The van der Waals surface area contributed by atoms with Gasteiger partial charge in [0.2, 0.25) is 0 Å². The summed E-state index contributed by atoms with van der Waals surface area (Å²) >= 11 is 0. The van der Waals surface area contributed by atoms with Crippen molar-refractivity contribution in [3.8, 4) is 0 Å². The predicted molar refractivity (Wildman–Crippen MR) is 202 cm³/mol. The lowest BCUT2D eigenvalue weighted by molar-refractivity contribution is 0.207.